The maximum atomic E-state index is 12.7. The molecule has 0 fully saturated rings. The van der Waals surface area contributed by atoms with Crippen LogP contribution >= 0.6 is 0 Å². The average molecular weight is 394 g/mol. The van der Waals surface area contributed by atoms with Gasteiger partial charge in [0.15, 0.2) is 12.3 Å². The maximum Gasteiger partial charge on any atom is 0.275 e. The zero-order chi connectivity index (χ0) is 20.2. The molecule has 150 valence electrons. The van der Waals surface area contributed by atoms with Gasteiger partial charge < -0.3 is 23.5 Å². The number of likely N-dealkylation sites (N-methyl/N-ethyl adjacent to an activating group) is 1. The molecule has 1 aliphatic heterocycles. The molecule has 29 heavy (non-hydrogen) atoms. The fraction of sp³-hybridized carbons (Fsp3) is 0.273. The van der Waals surface area contributed by atoms with Crippen molar-refractivity contribution in [3.8, 4) is 17.2 Å². The highest BCUT2D eigenvalue weighted by Crippen LogP contribution is 2.28. The molecule has 0 aliphatic carbocycles. The van der Waals surface area contributed by atoms with Crippen LogP contribution in [0.15, 0.2) is 59.2 Å². The molecule has 0 saturated carbocycles. The number of amides is 1. The molecule has 0 spiro atoms. The van der Waals surface area contributed by atoms with Crippen LogP contribution in [-0.4, -0.2) is 42.6 Å². The Morgan fingerprint density at radius 1 is 1.17 bits per heavy atom. The SMILES string of the molecule is COc1ccc(OCc2nc(C(=O)N(C)C[C@@H]3Cc4ccccc4O3)co2)cc1. The van der Waals surface area contributed by atoms with Crippen molar-refractivity contribution in [3.05, 3.63) is 71.9 Å². The van der Waals surface area contributed by atoms with Crippen molar-refractivity contribution < 1.29 is 23.4 Å². The van der Waals surface area contributed by atoms with Crippen molar-refractivity contribution >= 4 is 5.91 Å². The highest BCUT2D eigenvalue weighted by molar-refractivity contribution is 5.91. The van der Waals surface area contributed by atoms with E-state index < -0.39 is 0 Å². The Bertz CT molecular complexity index is 958. The number of carbonyl (C=O) groups excluding carboxylic acids is 1. The van der Waals surface area contributed by atoms with Crippen molar-refractivity contribution in [2.24, 2.45) is 0 Å². The minimum atomic E-state index is -0.219. The number of oxazole rings is 1. The van der Waals surface area contributed by atoms with Gasteiger partial charge in [-0.2, -0.15) is 0 Å². The number of hydrogen-bond acceptors (Lipinski definition) is 6. The first-order chi connectivity index (χ1) is 14.1. The first kappa shape index (κ1) is 18.9. The molecule has 1 atom stereocenters. The van der Waals surface area contributed by atoms with E-state index in [1.807, 2.05) is 24.3 Å². The van der Waals surface area contributed by atoms with Crippen LogP contribution in [0.25, 0.3) is 0 Å². The third-order valence-electron chi connectivity index (χ3n) is 4.73. The molecule has 2 heterocycles. The van der Waals surface area contributed by atoms with E-state index >= 15 is 0 Å². The van der Waals surface area contributed by atoms with E-state index in [-0.39, 0.29) is 24.3 Å². The summed E-state index contributed by atoms with van der Waals surface area (Å²) in [6.45, 7) is 0.600. The zero-order valence-corrected chi connectivity index (χ0v) is 16.3. The number of carbonyl (C=O) groups is 1. The summed E-state index contributed by atoms with van der Waals surface area (Å²) in [5.41, 5.74) is 1.41. The summed E-state index contributed by atoms with van der Waals surface area (Å²) >= 11 is 0. The van der Waals surface area contributed by atoms with Crippen LogP contribution in [0.1, 0.15) is 21.9 Å². The Hall–Kier alpha value is -3.48. The third-order valence-corrected chi connectivity index (χ3v) is 4.73. The lowest BCUT2D eigenvalue weighted by Crippen LogP contribution is -2.36. The van der Waals surface area contributed by atoms with Crippen molar-refractivity contribution in [2.75, 3.05) is 20.7 Å². The van der Waals surface area contributed by atoms with Gasteiger partial charge in [-0.3, -0.25) is 4.79 Å². The van der Waals surface area contributed by atoms with Crippen molar-refractivity contribution in [2.45, 2.75) is 19.1 Å². The van der Waals surface area contributed by atoms with Gasteiger partial charge in [0, 0.05) is 13.5 Å². The van der Waals surface area contributed by atoms with E-state index in [1.165, 1.54) is 6.26 Å². The van der Waals surface area contributed by atoms with Gasteiger partial charge >= 0.3 is 0 Å². The minimum Gasteiger partial charge on any atom is -0.497 e. The first-order valence-corrected chi connectivity index (χ1v) is 9.33. The number of rotatable bonds is 7. The second kappa shape index (κ2) is 8.26. The van der Waals surface area contributed by atoms with Crippen LogP contribution in [0.2, 0.25) is 0 Å². The number of para-hydroxylation sites is 1. The van der Waals surface area contributed by atoms with Crippen molar-refractivity contribution in [1.29, 1.82) is 0 Å². The number of ether oxygens (including phenoxy) is 3. The number of methoxy groups -OCH3 is 1. The monoisotopic (exact) mass is 394 g/mol. The summed E-state index contributed by atoms with van der Waals surface area (Å²) in [7, 11) is 3.34. The summed E-state index contributed by atoms with van der Waals surface area (Å²) < 4.78 is 22.0. The van der Waals surface area contributed by atoms with Gasteiger partial charge in [0.25, 0.3) is 5.91 Å². The number of fused-ring (bicyclic) bond motifs is 1. The number of benzene rings is 2. The van der Waals surface area contributed by atoms with E-state index in [0.717, 1.165) is 23.5 Å². The fourth-order valence-corrected chi connectivity index (χ4v) is 3.23. The van der Waals surface area contributed by atoms with E-state index in [9.17, 15) is 4.79 Å². The number of nitrogens with zero attached hydrogens (tertiary/aromatic N) is 2. The summed E-state index contributed by atoms with van der Waals surface area (Å²) in [6.07, 6.45) is 2.08. The molecular formula is C22H22N2O5. The lowest BCUT2D eigenvalue weighted by atomic mass is 10.1. The van der Waals surface area contributed by atoms with Gasteiger partial charge in [-0.1, -0.05) is 18.2 Å². The smallest absolute Gasteiger partial charge is 0.275 e. The zero-order valence-electron chi connectivity index (χ0n) is 16.3. The Morgan fingerprint density at radius 3 is 2.69 bits per heavy atom. The molecule has 0 bridgehead atoms. The molecule has 1 aliphatic rings. The van der Waals surface area contributed by atoms with Crippen LogP contribution in [-0.2, 0) is 13.0 Å². The molecule has 7 nitrogen and oxygen atoms in total. The van der Waals surface area contributed by atoms with Crippen LogP contribution in [0.5, 0.6) is 17.2 Å². The summed E-state index contributed by atoms with van der Waals surface area (Å²) in [6, 6.07) is 15.1. The Morgan fingerprint density at radius 2 is 1.93 bits per heavy atom. The first-order valence-electron chi connectivity index (χ1n) is 9.33. The third kappa shape index (κ3) is 4.34. The van der Waals surface area contributed by atoms with E-state index in [4.69, 9.17) is 18.6 Å². The number of hydrogen-bond donors (Lipinski definition) is 0. The lowest BCUT2D eigenvalue weighted by Gasteiger charge is -2.20. The Kier molecular flexibility index (Phi) is 5.37. The molecule has 3 aromatic rings. The van der Waals surface area contributed by atoms with Gasteiger partial charge in [-0.15, -0.1) is 0 Å². The molecular weight excluding hydrogens is 372 g/mol. The predicted octanol–water partition coefficient (Wildman–Crippen LogP) is 3.34. The molecule has 7 heteroatoms. The predicted molar refractivity (Wildman–Crippen MR) is 105 cm³/mol. The lowest BCUT2D eigenvalue weighted by molar-refractivity contribution is 0.0724. The largest absolute Gasteiger partial charge is 0.497 e. The average Bonchev–Trinajstić information content (AvgIpc) is 3.38. The topological polar surface area (TPSA) is 74.0 Å². The highest BCUT2D eigenvalue weighted by atomic mass is 16.5. The molecule has 1 aromatic heterocycles. The normalized spacial score (nSPS) is 14.8. The van der Waals surface area contributed by atoms with E-state index in [2.05, 4.69) is 4.98 Å². The molecule has 2 aromatic carbocycles. The van der Waals surface area contributed by atoms with E-state index in [1.54, 1.807) is 43.3 Å². The molecule has 1 amide bonds. The summed E-state index contributed by atoms with van der Waals surface area (Å²) in [5.74, 6) is 2.41. The minimum absolute atomic E-state index is 0.0638. The molecule has 0 radical (unpaired) electrons. The molecule has 0 N–H and O–H groups in total. The Balaban J connectivity index is 1.30. The van der Waals surface area contributed by atoms with Crippen LogP contribution in [0.3, 0.4) is 0 Å². The van der Waals surface area contributed by atoms with Gasteiger partial charge in [0.2, 0.25) is 5.89 Å². The second-order valence-electron chi connectivity index (χ2n) is 6.83. The van der Waals surface area contributed by atoms with Crippen molar-refractivity contribution in [1.82, 2.24) is 9.88 Å². The summed E-state index contributed by atoms with van der Waals surface area (Å²) in [5, 5.41) is 0. The van der Waals surface area contributed by atoms with Gasteiger partial charge in [0.05, 0.1) is 13.7 Å². The Labute approximate surface area is 168 Å². The standard InChI is InChI=1S/C22H22N2O5/c1-24(12-18-11-15-5-3-4-6-20(15)29-18)22(25)19-13-28-21(23-19)14-27-17-9-7-16(26-2)8-10-17/h3-10,13,18H,11-12,14H2,1-2H3/t18-/m0/s1. The van der Waals surface area contributed by atoms with Crippen LogP contribution < -0.4 is 14.2 Å². The van der Waals surface area contributed by atoms with Crippen LogP contribution in [0, 0.1) is 0 Å². The van der Waals surface area contributed by atoms with Crippen LogP contribution in [0.4, 0.5) is 0 Å². The summed E-state index contributed by atoms with van der Waals surface area (Å²) in [4.78, 5) is 18.5. The quantitative estimate of drug-likeness (QED) is 0.612. The second-order valence-corrected chi connectivity index (χ2v) is 6.83. The molecule has 0 saturated heterocycles. The molecule has 4 rings (SSSR count). The van der Waals surface area contributed by atoms with Gasteiger partial charge in [0.1, 0.15) is 29.6 Å². The van der Waals surface area contributed by atoms with Crippen molar-refractivity contribution in [3.63, 3.8) is 0 Å². The fourth-order valence-electron chi connectivity index (χ4n) is 3.23. The van der Waals surface area contributed by atoms with Gasteiger partial charge in [-0.25, -0.2) is 4.98 Å². The highest BCUT2D eigenvalue weighted by Gasteiger charge is 2.26. The molecule has 0 unspecified atom stereocenters. The van der Waals surface area contributed by atoms with E-state index in [0.29, 0.717) is 18.2 Å². The number of aromatic nitrogens is 1. The maximum absolute atomic E-state index is 12.7. The van der Waals surface area contributed by atoms with Gasteiger partial charge in [-0.05, 0) is 35.9 Å².